The number of alkyl halides is 3. The maximum Gasteiger partial charge on any atom is 0.408 e. The van der Waals surface area contributed by atoms with E-state index in [2.05, 4.69) is 22.0 Å². The van der Waals surface area contributed by atoms with Crippen molar-refractivity contribution < 1.29 is 37.1 Å². The van der Waals surface area contributed by atoms with Gasteiger partial charge in [0.05, 0.1) is 12.0 Å². The van der Waals surface area contributed by atoms with Gasteiger partial charge in [-0.15, -0.1) is 0 Å². The second-order valence-corrected chi connectivity index (χ2v) is 14.7. The van der Waals surface area contributed by atoms with Crippen LogP contribution < -0.4 is 16.0 Å². The molecule has 2 saturated heterocycles. The highest BCUT2D eigenvalue weighted by Crippen LogP contribution is 2.65. The van der Waals surface area contributed by atoms with Crippen molar-refractivity contribution >= 4 is 23.8 Å². The van der Waals surface area contributed by atoms with Crippen molar-refractivity contribution in [2.75, 3.05) is 6.54 Å². The molecule has 0 aromatic heterocycles. The third-order valence-electron chi connectivity index (χ3n) is 10.2. The van der Waals surface area contributed by atoms with Gasteiger partial charge in [-0.05, 0) is 61.2 Å². The maximum absolute atomic E-state index is 13.9. The Bertz CT molecular complexity index is 1200. The van der Waals surface area contributed by atoms with Crippen LogP contribution in [0.2, 0.25) is 0 Å². The highest BCUT2D eigenvalue weighted by atomic mass is 19.4. The average Bonchev–Trinajstić information content (AvgIpc) is 3.56. The number of carbonyl (C=O) groups excluding carboxylic acids is 4. The van der Waals surface area contributed by atoms with E-state index in [1.165, 1.54) is 4.90 Å². The molecule has 0 aromatic carbocycles. The Kier molecular flexibility index (Phi) is 7.25. The number of nitrogens with zero attached hydrogens (tertiary/aromatic N) is 2. The summed E-state index contributed by atoms with van der Waals surface area (Å²) in [7, 11) is 0. The zero-order chi connectivity index (χ0) is 31.0. The molecule has 232 valence electrons. The third-order valence-corrected chi connectivity index (χ3v) is 10.2. The van der Waals surface area contributed by atoms with Gasteiger partial charge in [0.1, 0.15) is 24.2 Å². The molecule has 5 rings (SSSR count). The Morgan fingerprint density at radius 1 is 1.17 bits per heavy atom. The summed E-state index contributed by atoms with van der Waals surface area (Å²) in [5, 5.41) is 18.1. The summed E-state index contributed by atoms with van der Waals surface area (Å²) in [6.45, 7) is 9.54. The number of hydrogen-bond acceptors (Lipinski definition) is 6. The van der Waals surface area contributed by atoms with Gasteiger partial charge in [0.2, 0.25) is 17.7 Å². The molecule has 0 bridgehead atoms. The molecule has 3 aliphatic carbocycles. The van der Waals surface area contributed by atoms with Gasteiger partial charge in [-0.3, -0.25) is 14.4 Å². The molecule has 2 heterocycles. The summed E-state index contributed by atoms with van der Waals surface area (Å²) >= 11 is 0. The number of rotatable bonds is 7. The number of nitriles is 1. The van der Waals surface area contributed by atoms with Crippen LogP contribution in [0.1, 0.15) is 73.1 Å². The Balaban J connectivity index is 1.25. The SMILES string of the molecule is CC(C)(C)[C@H](NC(=O)OC1CC(C(F)(F)F)C1)C(=O)N1C[C@H]2[C@@H]([C@H]1C(=O)N[C@H](C#N)C[C@@H]1CC3(CC3)NC1=O)C2(C)C. The smallest absolute Gasteiger partial charge is 0.408 e. The second kappa shape index (κ2) is 10.0. The van der Waals surface area contributed by atoms with Crippen LogP contribution in [0.5, 0.6) is 0 Å². The summed E-state index contributed by atoms with van der Waals surface area (Å²) in [5.41, 5.74) is -1.16. The fraction of sp³-hybridized carbons (Fsp3) is 0.828. The molecule has 1 spiro atoms. The van der Waals surface area contributed by atoms with Crippen LogP contribution in [-0.4, -0.2) is 71.2 Å². The molecule has 0 unspecified atom stereocenters. The first kappa shape index (κ1) is 30.4. The van der Waals surface area contributed by atoms with Crippen LogP contribution in [0, 0.1) is 45.8 Å². The molecule has 0 aromatic rings. The summed E-state index contributed by atoms with van der Waals surface area (Å²) in [6, 6.07) is -0.789. The number of fused-ring (bicyclic) bond motifs is 1. The number of piperidine rings is 1. The standard InChI is InChI=1S/C29H40F3N5O5/c1-26(2,3)21(35-25(41)42-17-9-15(10-17)29(30,31)32)24(40)37-13-18-19(27(18,4)5)20(37)23(39)34-16(12-33)8-14-11-28(6-7-28)36-22(14)38/h14-21H,6-11,13H2,1-5H3,(H,34,39)(H,35,41)(H,36,38)/t14-,15?,16+,17?,18+,19+,20+,21-/m1/s1. The molecule has 42 heavy (non-hydrogen) atoms. The molecule has 6 atom stereocenters. The van der Waals surface area contributed by atoms with Gasteiger partial charge in [-0.25, -0.2) is 4.79 Å². The Morgan fingerprint density at radius 2 is 1.81 bits per heavy atom. The molecule has 2 aliphatic heterocycles. The zero-order valence-corrected chi connectivity index (χ0v) is 24.6. The Labute approximate surface area is 243 Å². The number of hydrogen-bond donors (Lipinski definition) is 3. The van der Waals surface area contributed by atoms with E-state index in [0.717, 1.165) is 12.8 Å². The predicted molar refractivity (Wildman–Crippen MR) is 142 cm³/mol. The number of amides is 4. The third kappa shape index (κ3) is 5.65. The first-order valence-electron chi connectivity index (χ1n) is 14.7. The van der Waals surface area contributed by atoms with Gasteiger partial charge < -0.3 is 25.6 Å². The lowest BCUT2D eigenvalue weighted by Gasteiger charge is -2.39. The normalized spacial score (nSPS) is 33.4. The van der Waals surface area contributed by atoms with E-state index in [9.17, 15) is 37.6 Å². The average molecular weight is 596 g/mol. The number of likely N-dealkylation sites (tertiary alicyclic amines) is 1. The monoisotopic (exact) mass is 595 g/mol. The topological polar surface area (TPSA) is 141 Å². The Morgan fingerprint density at radius 3 is 2.33 bits per heavy atom. The fourth-order valence-electron chi connectivity index (χ4n) is 7.19. The van der Waals surface area contributed by atoms with E-state index in [0.29, 0.717) is 13.0 Å². The van der Waals surface area contributed by atoms with Crippen molar-refractivity contribution in [3.05, 3.63) is 0 Å². The van der Waals surface area contributed by atoms with Crippen LogP contribution in [0.3, 0.4) is 0 Å². The van der Waals surface area contributed by atoms with Crippen LogP contribution in [0.25, 0.3) is 0 Å². The molecule has 13 heteroatoms. The van der Waals surface area contributed by atoms with E-state index in [-0.39, 0.29) is 53.9 Å². The molecule has 3 saturated carbocycles. The first-order valence-corrected chi connectivity index (χ1v) is 14.7. The summed E-state index contributed by atoms with van der Waals surface area (Å²) < 4.78 is 43.7. The molecule has 3 N–H and O–H groups in total. The quantitative estimate of drug-likeness (QED) is 0.413. The largest absolute Gasteiger partial charge is 0.446 e. The highest BCUT2D eigenvalue weighted by molar-refractivity contribution is 5.93. The summed E-state index contributed by atoms with van der Waals surface area (Å²) in [5.74, 6) is -3.05. The molecule has 5 aliphatic rings. The van der Waals surface area contributed by atoms with E-state index in [4.69, 9.17) is 4.74 Å². The lowest BCUT2D eigenvalue weighted by Crippen LogP contribution is -2.60. The molecule has 4 amide bonds. The number of halogens is 3. The van der Waals surface area contributed by atoms with Crippen LogP contribution in [-0.2, 0) is 19.1 Å². The maximum atomic E-state index is 13.9. The van der Waals surface area contributed by atoms with Gasteiger partial charge in [0.15, 0.2) is 0 Å². The van der Waals surface area contributed by atoms with Crippen molar-refractivity contribution in [3.8, 4) is 6.07 Å². The minimum atomic E-state index is -4.34. The number of carbonyl (C=O) groups is 4. The van der Waals surface area contributed by atoms with E-state index in [1.54, 1.807) is 20.8 Å². The predicted octanol–water partition coefficient (Wildman–Crippen LogP) is 3.02. The summed E-state index contributed by atoms with van der Waals surface area (Å²) in [6.07, 6.45) is -4.18. The molecular formula is C29H40F3N5O5. The molecule has 5 fully saturated rings. The van der Waals surface area contributed by atoms with Crippen molar-refractivity contribution in [2.45, 2.75) is 109 Å². The van der Waals surface area contributed by atoms with Gasteiger partial charge in [-0.2, -0.15) is 18.4 Å². The zero-order valence-electron chi connectivity index (χ0n) is 24.6. The molecule has 10 nitrogen and oxygen atoms in total. The van der Waals surface area contributed by atoms with Crippen LogP contribution >= 0.6 is 0 Å². The number of nitrogens with one attached hydrogen (secondary N) is 3. The molecule has 0 radical (unpaired) electrons. The van der Waals surface area contributed by atoms with Gasteiger partial charge in [0.25, 0.3) is 0 Å². The van der Waals surface area contributed by atoms with Crippen molar-refractivity contribution in [2.24, 2.45) is 34.5 Å². The fourth-order valence-corrected chi connectivity index (χ4v) is 7.19. The van der Waals surface area contributed by atoms with E-state index >= 15 is 0 Å². The molecular weight excluding hydrogens is 555 g/mol. The number of ether oxygens (including phenoxy) is 1. The number of alkyl carbamates (subject to hydrolysis) is 1. The van der Waals surface area contributed by atoms with Crippen molar-refractivity contribution in [3.63, 3.8) is 0 Å². The van der Waals surface area contributed by atoms with Crippen LogP contribution in [0.15, 0.2) is 0 Å². The minimum Gasteiger partial charge on any atom is -0.446 e. The highest BCUT2D eigenvalue weighted by Gasteiger charge is 2.70. The van der Waals surface area contributed by atoms with Crippen LogP contribution in [0.4, 0.5) is 18.0 Å². The Hall–Kier alpha value is -3.04. The second-order valence-electron chi connectivity index (χ2n) is 14.7. The van der Waals surface area contributed by atoms with E-state index < -0.39 is 59.6 Å². The lowest BCUT2D eigenvalue weighted by atomic mass is 9.82. The van der Waals surface area contributed by atoms with Gasteiger partial charge in [-0.1, -0.05) is 34.6 Å². The summed E-state index contributed by atoms with van der Waals surface area (Å²) in [4.78, 5) is 54.2. The lowest BCUT2D eigenvalue weighted by molar-refractivity contribution is -0.213. The van der Waals surface area contributed by atoms with Gasteiger partial charge >= 0.3 is 12.3 Å². The van der Waals surface area contributed by atoms with Gasteiger partial charge in [0, 0.05) is 18.0 Å². The van der Waals surface area contributed by atoms with Crippen molar-refractivity contribution in [1.82, 2.24) is 20.9 Å². The first-order chi connectivity index (χ1) is 19.4. The minimum absolute atomic E-state index is 0.0509. The van der Waals surface area contributed by atoms with Crippen molar-refractivity contribution in [1.29, 1.82) is 5.26 Å². The van der Waals surface area contributed by atoms with E-state index in [1.807, 2.05) is 13.8 Å².